The van der Waals surface area contributed by atoms with Crippen molar-refractivity contribution in [3.63, 3.8) is 0 Å². The van der Waals surface area contributed by atoms with E-state index in [1.54, 1.807) is 16.9 Å². The summed E-state index contributed by atoms with van der Waals surface area (Å²) >= 11 is 0. The Bertz CT molecular complexity index is 344. The number of aryl methyl sites for hydroxylation is 1. The molecule has 0 saturated carbocycles. The van der Waals surface area contributed by atoms with Crippen molar-refractivity contribution in [2.75, 3.05) is 6.61 Å². The normalized spacial score (nSPS) is 18.6. The standard InChI is InChI=1S/C10H14N2O2/c1-12-8(5-6-11-12)10(13)9-4-2-3-7-14-9/h4-6,10,13H,2-3,7H2,1H3. The smallest absolute Gasteiger partial charge is 0.152 e. The SMILES string of the molecule is Cn1nccc1C(O)C1=CCCCO1. The first-order valence-electron chi connectivity index (χ1n) is 4.78. The summed E-state index contributed by atoms with van der Waals surface area (Å²) in [5, 5.41) is 14.0. The van der Waals surface area contributed by atoms with Crippen molar-refractivity contribution < 1.29 is 9.84 Å². The van der Waals surface area contributed by atoms with Gasteiger partial charge in [0.15, 0.2) is 6.10 Å². The number of aliphatic hydroxyl groups is 1. The molecule has 0 aliphatic carbocycles. The molecule has 0 radical (unpaired) electrons. The van der Waals surface area contributed by atoms with Crippen molar-refractivity contribution in [1.82, 2.24) is 9.78 Å². The van der Waals surface area contributed by atoms with E-state index in [2.05, 4.69) is 5.10 Å². The van der Waals surface area contributed by atoms with Crippen LogP contribution in [-0.4, -0.2) is 21.5 Å². The van der Waals surface area contributed by atoms with Gasteiger partial charge in [0.1, 0.15) is 5.76 Å². The number of aliphatic hydroxyl groups excluding tert-OH is 1. The van der Waals surface area contributed by atoms with Crippen LogP contribution in [0.2, 0.25) is 0 Å². The molecule has 2 heterocycles. The van der Waals surface area contributed by atoms with Gasteiger partial charge in [-0.2, -0.15) is 5.10 Å². The van der Waals surface area contributed by atoms with Crippen LogP contribution < -0.4 is 0 Å². The Morgan fingerprint density at radius 2 is 2.50 bits per heavy atom. The maximum Gasteiger partial charge on any atom is 0.152 e. The molecule has 0 amide bonds. The van der Waals surface area contributed by atoms with Crippen LogP contribution in [0.5, 0.6) is 0 Å². The molecule has 2 rings (SSSR count). The summed E-state index contributed by atoms with van der Waals surface area (Å²) in [7, 11) is 1.81. The first-order chi connectivity index (χ1) is 6.79. The second-order valence-electron chi connectivity index (χ2n) is 3.38. The molecule has 0 aromatic carbocycles. The molecule has 1 aromatic heterocycles. The predicted molar refractivity (Wildman–Crippen MR) is 51.4 cm³/mol. The van der Waals surface area contributed by atoms with Crippen molar-refractivity contribution in [2.45, 2.75) is 18.9 Å². The first-order valence-corrected chi connectivity index (χ1v) is 4.78. The Hall–Kier alpha value is -1.29. The number of rotatable bonds is 2. The average Bonchev–Trinajstić information content (AvgIpc) is 2.65. The lowest BCUT2D eigenvalue weighted by atomic mass is 10.1. The van der Waals surface area contributed by atoms with E-state index in [1.165, 1.54) is 0 Å². The van der Waals surface area contributed by atoms with Gasteiger partial charge in [-0.15, -0.1) is 0 Å². The number of hydrogen-bond acceptors (Lipinski definition) is 3. The van der Waals surface area contributed by atoms with Crippen molar-refractivity contribution in [3.8, 4) is 0 Å². The quantitative estimate of drug-likeness (QED) is 0.768. The first kappa shape index (κ1) is 9.27. The molecule has 0 fully saturated rings. The van der Waals surface area contributed by atoms with E-state index in [0.29, 0.717) is 12.4 Å². The maximum atomic E-state index is 9.96. The van der Waals surface area contributed by atoms with Gasteiger partial charge in [0.2, 0.25) is 0 Å². The zero-order valence-corrected chi connectivity index (χ0v) is 8.18. The third-order valence-electron chi connectivity index (χ3n) is 2.37. The van der Waals surface area contributed by atoms with Crippen LogP contribution in [0.25, 0.3) is 0 Å². The molecule has 1 aliphatic heterocycles. The molecular formula is C10H14N2O2. The molecule has 1 atom stereocenters. The Morgan fingerprint density at radius 1 is 1.64 bits per heavy atom. The highest BCUT2D eigenvalue weighted by atomic mass is 16.5. The molecule has 4 nitrogen and oxygen atoms in total. The van der Waals surface area contributed by atoms with E-state index < -0.39 is 6.10 Å². The van der Waals surface area contributed by atoms with Crippen molar-refractivity contribution >= 4 is 0 Å². The Balaban J connectivity index is 2.19. The van der Waals surface area contributed by atoms with Gasteiger partial charge < -0.3 is 9.84 Å². The van der Waals surface area contributed by atoms with Crippen LogP contribution in [0.3, 0.4) is 0 Å². The molecule has 1 aliphatic rings. The fourth-order valence-electron chi connectivity index (χ4n) is 1.57. The average molecular weight is 194 g/mol. The molecule has 0 bridgehead atoms. The van der Waals surface area contributed by atoms with E-state index in [4.69, 9.17) is 4.74 Å². The Labute approximate surface area is 82.8 Å². The van der Waals surface area contributed by atoms with Gasteiger partial charge in [-0.25, -0.2) is 0 Å². The van der Waals surface area contributed by atoms with Gasteiger partial charge in [-0.3, -0.25) is 4.68 Å². The number of aromatic nitrogens is 2. The summed E-state index contributed by atoms with van der Waals surface area (Å²) < 4.78 is 7.04. The van der Waals surface area contributed by atoms with E-state index in [1.807, 2.05) is 13.1 Å². The monoisotopic (exact) mass is 194 g/mol. The van der Waals surface area contributed by atoms with Gasteiger partial charge in [0.25, 0.3) is 0 Å². The van der Waals surface area contributed by atoms with Gasteiger partial charge in [0, 0.05) is 13.2 Å². The van der Waals surface area contributed by atoms with E-state index in [9.17, 15) is 5.11 Å². The maximum absolute atomic E-state index is 9.96. The molecule has 1 aromatic rings. The lowest BCUT2D eigenvalue weighted by Crippen LogP contribution is -2.12. The number of nitrogens with zero attached hydrogens (tertiary/aromatic N) is 2. The molecule has 4 heteroatoms. The largest absolute Gasteiger partial charge is 0.495 e. The highest BCUT2D eigenvalue weighted by Gasteiger charge is 2.19. The topological polar surface area (TPSA) is 47.3 Å². The van der Waals surface area contributed by atoms with Crippen LogP contribution in [0.1, 0.15) is 24.6 Å². The van der Waals surface area contributed by atoms with Crippen LogP contribution in [-0.2, 0) is 11.8 Å². The Morgan fingerprint density at radius 3 is 3.07 bits per heavy atom. The minimum absolute atomic E-state index is 0.653. The molecule has 1 N–H and O–H groups in total. The molecule has 0 saturated heterocycles. The van der Waals surface area contributed by atoms with E-state index >= 15 is 0 Å². The minimum atomic E-state index is -0.678. The fourth-order valence-corrected chi connectivity index (χ4v) is 1.57. The van der Waals surface area contributed by atoms with Gasteiger partial charge in [-0.05, 0) is 25.0 Å². The lowest BCUT2D eigenvalue weighted by molar-refractivity contribution is 0.0872. The summed E-state index contributed by atoms with van der Waals surface area (Å²) in [4.78, 5) is 0. The molecule has 0 spiro atoms. The molecule has 1 unspecified atom stereocenters. The van der Waals surface area contributed by atoms with Crippen molar-refractivity contribution in [2.24, 2.45) is 7.05 Å². The fraction of sp³-hybridized carbons (Fsp3) is 0.500. The summed E-state index contributed by atoms with van der Waals surface area (Å²) in [5.41, 5.74) is 0.762. The zero-order valence-electron chi connectivity index (χ0n) is 8.18. The van der Waals surface area contributed by atoms with Crippen LogP contribution in [0, 0.1) is 0 Å². The van der Waals surface area contributed by atoms with Crippen LogP contribution in [0.4, 0.5) is 0 Å². The summed E-state index contributed by atoms with van der Waals surface area (Å²) in [6.07, 6.45) is 4.94. The summed E-state index contributed by atoms with van der Waals surface area (Å²) in [5.74, 6) is 0.653. The summed E-state index contributed by atoms with van der Waals surface area (Å²) in [6, 6.07) is 1.80. The third-order valence-corrected chi connectivity index (χ3v) is 2.37. The minimum Gasteiger partial charge on any atom is -0.495 e. The van der Waals surface area contributed by atoms with Gasteiger partial charge >= 0.3 is 0 Å². The van der Waals surface area contributed by atoms with Crippen molar-refractivity contribution in [3.05, 3.63) is 29.8 Å². The zero-order chi connectivity index (χ0) is 9.97. The number of hydrogen-bond donors (Lipinski definition) is 1. The molecule has 14 heavy (non-hydrogen) atoms. The van der Waals surface area contributed by atoms with Gasteiger partial charge in [-0.1, -0.05) is 0 Å². The van der Waals surface area contributed by atoms with E-state index in [-0.39, 0.29) is 0 Å². The van der Waals surface area contributed by atoms with Crippen LogP contribution in [0.15, 0.2) is 24.1 Å². The second kappa shape index (κ2) is 3.84. The van der Waals surface area contributed by atoms with Crippen LogP contribution >= 0.6 is 0 Å². The van der Waals surface area contributed by atoms with E-state index in [0.717, 1.165) is 18.5 Å². The number of ether oxygens (including phenoxy) is 1. The predicted octanol–water partition coefficient (Wildman–Crippen LogP) is 1.15. The number of allylic oxidation sites excluding steroid dienone is 1. The van der Waals surface area contributed by atoms with Crippen molar-refractivity contribution in [1.29, 1.82) is 0 Å². The Kier molecular flexibility index (Phi) is 2.54. The highest BCUT2D eigenvalue weighted by molar-refractivity contribution is 5.16. The molecular weight excluding hydrogens is 180 g/mol. The second-order valence-corrected chi connectivity index (χ2v) is 3.38. The van der Waals surface area contributed by atoms with Gasteiger partial charge in [0.05, 0.1) is 12.3 Å². The lowest BCUT2D eigenvalue weighted by Gasteiger charge is -2.19. The third kappa shape index (κ3) is 1.65. The highest BCUT2D eigenvalue weighted by Crippen LogP contribution is 2.24. The summed E-state index contributed by atoms with van der Waals surface area (Å²) in [6.45, 7) is 0.695. The molecule has 76 valence electrons.